The Morgan fingerprint density at radius 3 is 1.49 bits per heavy atom. The van der Waals surface area contributed by atoms with Gasteiger partial charge in [0, 0.05) is 110 Å². The summed E-state index contributed by atoms with van der Waals surface area (Å²) in [5, 5.41) is 7.82. The van der Waals surface area contributed by atoms with Crippen LogP contribution < -0.4 is 20.4 Å². The maximum Gasteiger partial charge on any atom is 0.410 e. The van der Waals surface area contributed by atoms with Crippen LogP contribution in [0.15, 0.2) is 85.7 Å². The number of aromatic amines is 2. The first kappa shape index (κ1) is 58.0. The molecule has 4 aliphatic heterocycles. The molecule has 10 atom stereocenters. The van der Waals surface area contributed by atoms with Gasteiger partial charge in [-0.15, -0.1) is 0 Å². The van der Waals surface area contributed by atoms with E-state index < -0.39 is 35.7 Å². The molecule has 4 fully saturated rings. The second-order valence-corrected chi connectivity index (χ2v) is 23.8. The number of carbonyl (C=O) groups excluding carboxylic acids is 5. The van der Waals surface area contributed by atoms with Crippen molar-refractivity contribution in [1.29, 1.82) is 0 Å². The van der Waals surface area contributed by atoms with Crippen molar-refractivity contribution >= 4 is 63.4 Å². The van der Waals surface area contributed by atoms with E-state index in [2.05, 4.69) is 50.3 Å². The molecule has 0 spiro atoms. The SMILES string of the molecule is CC(C)[C@H](NC(=O)[C@H](C)N(C)C(=O)OC(C)(C)C)C(=O)N1CC[C@@H]2[C@H]1[C@@H](c1c[nH]c3cc(F)ccc13)CN2c1ncccn1.CC[C@@H](C)C(=O)N[C@H](C(=O)N1CC[C@@H]2[C@H]1[C@@H](c1c[nH]c3cc(F)ccc13)CN2c1ncccn1)C(C)C. The molecule has 4 N–H and O–H groups in total. The van der Waals surface area contributed by atoms with Gasteiger partial charge in [0.25, 0.3) is 0 Å². The molecular weight excluding hydrogens is 1040 g/mol. The van der Waals surface area contributed by atoms with Crippen LogP contribution in [0.3, 0.4) is 0 Å². The summed E-state index contributed by atoms with van der Waals surface area (Å²) >= 11 is 0. The average molecular weight is 1110 g/mol. The summed E-state index contributed by atoms with van der Waals surface area (Å²) in [6.07, 6.45) is 12.3. The van der Waals surface area contributed by atoms with E-state index in [-0.39, 0.29) is 83.1 Å². The van der Waals surface area contributed by atoms with Crippen molar-refractivity contribution in [2.75, 3.05) is 43.0 Å². The molecule has 0 bridgehead atoms. The number of H-pyrrole nitrogens is 2. The van der Waals surface area contributed by atoms with Gasteiger partial charge in [-0.3, -0.25) is 24.1 Å². The van der Waals surface area contributed by atoms with Gasteiger partial charge in [0.1, 0.15) is 35.4 Å². The Bertz CT molecular complexity index is 3220. The van der Waals surface area contributed by atoms with Crippen LogP contribution in [0.5, 0.6) is 0 Å². The van der Waals surface area contributed by atoms with E-state index in [1.165, 1.54) is 36.2 Å². The van der Waals surface area contributed by atoms with E-state index in [9.17, 15) is 32.8 Å². The minimum Gasteiger partial charge on any atom is -0.444 e. The summed E-state index contributed by atoms with van der Waals surface area (Å²) in [5.74, 6) is -0.710. The highest BCUT2D eigenvalue weighted by Crippen LogP contribution is 2.46. The number of ether oxygens (including phenoxy) is 1. The molecule has 21 heteroatoms. The van der Waals surface area contributed by atoms with Crippen LogP contribution in [0.2, 0.25) is 0 Å². The van der Waals surface area contributed by atoms with E-state index in [1.54, 1.807) is 76.7 Å². The number of fused-ring (bicyclic) bond motifs is 4. The number of likely N-dealkylation sites (N-methyl/N-ethyl adjacent to an activating group) is 1. The zero-order valence-corrected chi connectivity index (χ0v) is 48.2. The highest BCUT2D eigenvalue weighted by Gasteiger charge is 2.55. The molecule has 2 aromatic carbocycles. The average Bonchev–Trinajstić information content (AvgIpc) is 4.47. The molecule has 19 nitrogen and oxygen atoms in total. The first-order valence-electron chi connectivity index (χ1n) is 28.3. The van der Waals surface area contributed by atoms with Gasteiger partial charge in [-0.2, -0.15) is 0 Å². The maximum absolute atomic E-state index is 14.3. The standard InChI is InChI=1S/C32H42FN7O4.C28H35FN6O2/c1-18(2)26(37-28(41)19(3)38(7)31(43)44-32(4,5)6)29(42)39-14-11-25-27(39)23(17-40(25)30-34-12-8-13-35-30)22-16-36-24-15-20(33)9-10-21(22)24;1-5-17(4)26(36)33-24(16(2)3)27(37)34-12-9-23-25(34)21(15-35(23)28-30-10-6-11-31-28)20-14-32-22-13-18(29)7-8-19(20)22/h8-10,12-13,15-16,18-19,23,25-27,36H,11,14,17H2,1-7H3,(H,37,41);6-8,10-11,13-14,16-17,21,23-25,32H,5,9,12,15H2,1-4H3,(H,33,36)/t19-,23+,25+,26-,27+;17-,21-,23-,24+,25-/m01/s1. The van der Waals surface area contributed by atoms with Crippen LogP contribution in [0.25, 0.3) is 21.8 Å². The molecule has 81 heavy (non-hydrogen) atoms. The number of nitrogens with zero attached hydrogens (tertiary/aromatic N) is 9. The summed E-state index contributed by atoms with van der Waals surface area (Å²) in [7, 11) is 1.51. The number of benzene rings is 2. The molecule has 4 aliphatic rings. The van der Waals surface area contributed by atoms with E-state index in [1.807, 2.05) is 63.7 Å². The molecule has 0 unspecified atom stereocenters. The van der Waals surface area contributed by atoms with Gasteiger partial charge < -0.3 is 44.9 Å². The van der Waals surface area contributed by atoms with Crippen molar-refractivity contribution in [3.63, 3.8) is 0 Å². The molecule has 0 aliphatic carbocycles. The van der Waals surface area contributed by atoms with Crippen molar-refractivity contribution in [2.45, 2.75) is 148 Å². The van der Waals surface area contributed by atoms with Gasteiger partial charge in [-0.25, -0.2) is 33.5 Å². The minimum atomic E-state index is -0.859. The number of likely N-dealkylation sites (tertiary alicyclic amines) is 2. The van der Waals surface area contributed by atoms with E-state index in [4.69, 9.17) is 4.74 Å². The van der Waals surface area contributed by atoms with Gasteiger partial charge in [-0.1, -0.05) is 41.5 Å². The van der Waals surface area contributed by atoms with Crippen molar-refractivity contribution in [3.8, 4) is 0 Å². The second-order valence-electron chi connectivity index (χ2n) is 23.8. The maximum atomic E-state index is 14.3. The molecule has 6 aromatic rings. The number of nitrogens with one attached hydrogen (secondary N) is 4. The zero-order chi connectivity index (χ0) is 58.2. The van der Waals surface area contributed by atoms with Crippen molar-refractivity contribution in [3.05, 3.63) is 108 Å². The van der Waals surface area contributed by atoms with Gasteiger partial charge in [0.15, 0.2) is 0 Å². The quantitative estimate of drug-likeness (QED) is 0.0818. The minimum absolute atomic E-state index is 0.0300. The Labute approximate surface area is 472 Å². The summed E-state index contributed by atoms with van der Waals surface area (Å²) in [6, 6.07) is 10.4. The van der Waals surface area contributed by atoms with Gasteiger partial charge >= 0.3 is 6.09 Å². The Hall–Kier alpha value is -7.71. The third kappa shape index (κ3) is 11.9. The number of anilines is 2. The monoisotopic (exact) mass is 1110 g/mol. The molecule has 0 radical (unpaired) electrons. The summed E-state index contributed by atoms with van der Waals surface area (Å²) in [4.78, 5) is 101. The molecule has 4 aromatic heterocycles. The number of rotatable bonds is 14. The second kappa shape index (κ2) is 23.8. The Morgan fingerprint density at radius 2 is 1.10 bits per heavy atom. The van der Waals surface area contributed by atoms with Crippen LogP contribution in [0, 0.1) is 29.4 Å². The number of hydrogen-bond donors (Lipinski definition) is 4. The zero-order valence-electron chi connectivity index (χ0n) is 48.2. The van der Waals surface area contributed by atoms with E-state index >= 15 is 0 Å². The summed E-state index contributed by atoms with van der Waals surface area (Å²) in [5.41, 5.74) is 2.76. The number of carbonyl (C=O) groups is 5. The highest BCUT2D eigenvalue weighted by molar-refractivity contribution is 5.93. The Morgan fingerprint density at radius 1 is 0.679 bits per heavy atom. The Kier molecular flexibility index (Phi) is 17.0. The smallest absolute Gasteiger partial charge is 0.410 e. The molecule has 10 rings (SSSR count). The first-order valence-corrected chi connectivity index (χ1v) is 28.3. The third-order valence-electron chi connectivity index (χ3n) is 16.7. The van der Waals surface area contributed by atoms with E-state index in [0.717, 1.165) is 33.8 Å². The molecule has 8 heterocycles. The van der Waals surface area contributed by atoms with Crippen LogP contribution in [-0.4, -0.2) is 155 Å². The van der Waals surface area contributed by atoms with E-state index in [0.29, 0.717) is 56.4 Å². The summed E-state index contributed by atoms with van der Waals surface area (Å²) < 4.78 is 33.4. The largest absolute Gasteiger partial charge is 0.444 e. The molecule has 4 saturated heterocycles. The number of hydrogen-bond acceptors (Lipinski definition) is 12. The van der Waals surface area contributed by atoms with Gasteiger partial charge in [-0.05, 0) is 118 Å². The number of aromatic nitrogens is 6. The lowest BCUT2D eigenvalue weighted by molar-refractivity contribution is -0.139. The molecular formula is C60H77F2N13O6. The fourth-order valence-corrected chi connectivity index (χ4v) is 12.2. The lowest BCUT2D eigenvalue weighted by Gasteiger charge is -2.34. The number of halogens is 2. The van der Waals surface area contributed by atoms with Crippen molar-refractivity contribution < 1.29 is 37.5 Å². The van der Waals surface area contributed by atoms with Gasteiger partial charge in [0.05, 0.1) is 24.2 Å². The Balaban J connectivity index is 0.000000198. The van der Waals surface area contributed by atoms with Crippen LogP contribution in [0.1, 0.15) is 111 Å². The normalized spacial score (nSPS) is 22.1. The lowest BCUT2D eigenvalue weighted by Crippen LogP contribution is -2.57. The topological polar surface area (TPSA) is 218 Å². The predicted octanol–water partition coefficient (Wildman–Crippen LogP) is 7.92. The summed E-state index contributed by atoms with van der Waals surface area (Å²) in [6.45, 7) is 20.8. The van der Waals surface area contributed by atoms with Crippen molar-refractivity contribution in [1.82, 2.24) is 55.2 Å². The fraction of sp³-hybridized carbons (Fsp3) is 0.517. The lowest BCUT2D eigenvalue weighted by atomic mass is 9.90. The molecule has 432 valence electrons. The fourth-order valence-electron chi connectivity index (χ4n) is 12.2. The third-order valence-corrected chi connectivity index (χ3v) is 16.7. The predicted molar refractivity (Wildman–Crippen MR) is 305 cm³/mol. The van der Waals surface area contributed by atoms with Crippen molar-refractivity contribution in [2.24, 2.45) is 17.8 Å². The highest BCUT2D eigenvalue weighted by atomic mass is 19.1. The first-order chi connectivity index (χ1) is 38.6. The van der Waals surface area contributed by atoms with Crippen LogP contribution in [-0.2, 0) is 23.9 Å². The molecule has 0 saturated carbocycles. The van der Waals surface area contributed by atoms with Gasteiger partial charge in [0.2, 0.25) is 35.5 Å². The van der Waals surface area contributed by atoms with Crippen LogP contribution >= 0.6 is 0 Å². The molecule has 5 amide bonds. The number of amides is 5. The van der Waals surface area contributed by atoms with Crippen LogP contribution in [0.4, 0.5) is 25.5 Å².